The Balaban J connectivity index is 5.26. The van der Waals surface area contributed by atoms with Gasteiger partial charge in [-0.05, 0) is 31.6 Å². The van der Waals surface area contributed by atoms with Gasteiger partial charge >= 0.3 is 39.5 Å². The van der Waals surface area contributed by atoms with Crippen LogP contribution in [0.1, 0.15) is 433 Å². The molecule has 0 fully saturated rings. The van der Waals surface area contributed by atoms with Gasteiger partial charge < -0.3 is 33.8 Å². The van der Waals surface area contributed by atoms with Crippen LogP contribution in [0.25, 0.3) is 0 Å². The lowest BCUT2D eigenvalue weighted by Crippen LogP contribution is -2.30. The van der Waals surface area contributed by atoms with E-state index in [0.717, 1.165) is 95.8 Å². The Labute approximate surface area is 613 Å². The molecular formula is C81H158O17P2. The second-order valence-electron chi connectivity index (χ2n) is 29.6. The van der Waals surface area contributed by atoms with Crippen molar-refractivity contribution in [3.63, 3.8) is 0 Å². The van der Waals surface area contributed by atoms with E-state index in [9.17, 15) is 43.2 Å². The van der Waals surface area contributed by atoms with Crippen LogP contribution in [0.3, 0.4) is 0 Å². The molecule has 0 aromatic rings. The Bertz CT molecular complexity index is 1910. The van der Waals surface area contributed by atoms with E-state index in [1.807, 2.05) is 0 Å². The zero-order chi connectivity index (χ0) is 73.4. The average Bonchev–Trinajstić information content (AvgIpc) is 0.936. The third kappa shape index (κ3) is 74.3. The summed E-state index contributed by atoms with van der Waals surface area (Å²) in [5.41, 5.74) is 0. The molecule has 594 valence electrons. The van der Waals surface area contributed by atoms with Gasteiger partial charge in [-0.1, -0.05) is 381 Å². The molecule has 0 rings (SSSR count). The number of esters is 4. The highest BCUT2D eigenvalue weighted by molar-refractivity contribution is 7.47. The van der Waals surface area contributed by atoms with Crippen molar-refractivity contribution in [1.82, 2.24) is 0 Å². The van der Waals surface area contributed by atoms with Gasteiger partial charge in [0, 0.05) is 25.7 Å². The van der Waals surface area contributed by atoms with Crippen molar-refractivity contribution < 1.29 is 80.2 Å². The van der Waals surface area contributed by atoms with Crippen molar-refractivity contribution >= 4 is 39.5 Å². The first-order valence-corrected chi connectivity index (χ1v) is 45.1. The Morgan fingerprint density at radius 1 is 0.270 bits per heavy atom. The van der Waals surface area contributed by atoms with Gasteiger partial charge in [0.1, 0.15) is 19.3 Å². The number of hydrogen-bond acceptors (Lipinski definition) is 15. The monoisotopic (exact) mass is 1470 g/mol. The van der Waals surface area contributed by atoms with Gasteiger partial charge in [0.25, 0.3) is 0 Å². The molecule has 0 aliphatic rings. The smallest absolute Gasteiger partial charge is 0.462 e. The summed E-state index contributed by atoms with van der Waals surface area (Å²) in [6, 6.07) is 0. The van der Waals surface area contributed by atoms with Gasteiger partial charge in [-0.15, -0.1) is 0 Å². The zero-order valence-electron chi connectivity index (χ0n) is 65.3. The van der Waals surface area contributed by atoms with Crippen LogP contribution in [0.15, 0.2) is 0 Å². The van der Waals surface area contributed by atoms with Crippen molar-refractivity contribution in [2.75, 3.05) is 39.6 Å². The maximum absolute atomic E-state index is 13.1. The van der Waals surface area contributed by atoms with Crippen LogP contribution >= 0.6 is 15.6 Å². The number of phosphoric acid groups is 2. The van der Waals surface area contributed by atoms with Gasteiger partial charge in [-0.3, -0.25) is 37.3 Å². The molecule has 5 atom stereocenters. The second-order valence-corrected chi connectivity index (χ2v) is 32.5. The van der Waals surface area contributed by atoms with E-state index in [1.165, 1.54) is 257 Å². The summed E-state index contributed by atoms with van der Waals surface area (Å²) in [6.45, 7) is 7.34. The lowest BCUT2D eigenvalue weighted by molar-refractivity contribution is -0.161. The summed E-state index contributed by atoms with van der Waals surface area (Å²) in [6.07, 6.45) is 65.0. The summed E-state index contributed by atoms with van der Waals surface area (Å²) < 4.78 is 68.8. The van der Waals surface area contributed by atoms with Crippen molar-refractivity contribution in [2.45, 2.75) is 451 Å². The van der Waals surface area contributed by atoms with Gasteiger partial charge in [0.2, 0.25) is 0 Å². The van der Waals surface area contributed by atoms with E-state index < -0.39 is 97.5 Å². The Morgan fingerprint density at radius 2 is 0.460 bits per heavy atom. The molecule has 0 aliphatic heterocycles. The van der Waals surface area contributed by atoms with Crippen LogP contribution in [-0.2, 0) is 65.4 Å². The van der Waals surface area contributed by atoms with E-state index in [-0.39, 0.29) is 25.7 Å². The van der Waals surface area contributed by atoms with Gasteiger partial charge in [0.05, 0.1) is 26.4 Å². The molecule has 17 nitrogen and oxygen atoms in total. The summed E-state index contributed by atoms with van der Waals surface area (Å²) in [4.78, 5) is 73.1. The van der Waals surface area contributed by atoms with Crippen molar-refractivity contribution in [3.8, 4) is 0 Å². The molecule has 0 aromatic carbocycles. The number of ether oxygens (including phenoxy) is 4. The molecule has 0 bridgehead atoms. The molecule has 0 aromatic heterocycles. The third-order valence-corrected chi connectivity index (χ3v) is 20.9. The van der Waals surface area contributed by atoms with Gasteiger partial charge in [-0.2, -0.15) is 0 Å². The topological polar surface area (TPSA) is 237 Å². The Kier molecular flexibility index (Phi) is 72.5. The minimum Gasteiger partial charge on any atom is -0.462 e. The molecule has 0 saturated heterocycles. The summed E-state index contributed by atoms with van der Waals surface area (Å²) in [5, 5.41) is 10.6. The highest BCUT2D eigenvalue weighted by Gasteiger charge is 2.30. The number of carbonyl (C=O) groups is 4. The fourth-order valence-corrected chi connectivity index (χ4v) is 14.2. The summed E-state index contributed by atoms with van der Waals surface area (Å²) in [7, 11) is -9.92. The molecule has 0 spiro atoms. The fourth-order valence-electron chi connectivity index (χ4n) is 12.6. The summed E-state index contributed by atoms with van der Waals surface area (Å²) >= 11 is 0. The molecular weight excluding hydrogens is 1310 g/mol. The number of hydrogen-bond donors (Lipinski definition) is 3. The number of aliphatic hydroxyl groups excluding tert-OH is 1. The maximum Gasteiger partial charge on any atom is 0.472 e. The van der Waals surface area contributed by atoms with E-state index in [1.54, 1.807) is 0 Å². The van der Waals surface area contributed by atoms with E-state index in [0.29, 0.717) is 25.7 Å². The first-order chi connectivity index (χ1) is 48.5. The van der Waals surface area contributed by atoms with Crippen LogP contribution in [0, 0.1) is 5.92 Å². The molecule has 100 heavy (non-hydrogen) atoms. The standard InChI is InChI=1S/C81H158O17P2/c1-6-9-12-15-18-21-24-27-29-30-31-33-36-41-46-51-56-61-66-80(85)97-76(70-92-79(84)65-60-55-50-45-40-35-32-28-25-22-19-16-13-10-7-2)72-95-99(87,88)93-68-75(82)69-94-100(89,90)96-73-77(71-91-78(83)64-59-54-49-44-39-34-26-23-20-17-14-11-8-3)98-81(86)67-62-57-52-47-42-37-38-43-48-53-58-63-74(4)5/h74-77,82H,6-73H2,1-5H3,(H,87,88)(H,89,90)/t75-,76-,77-/m1/s1. The van der Waals surface area contributed by atoms with E-state index >= 15 is 0 Å². The van der Waals surface area contributed by atoms with Crippen LogP contribution in [0.5, 0.6) is 0 Å². The first-order valence-electron chi connectivity index (χ1n) is 42.1. The molecule has 2 unspecified atom stereocenters. The molecule has 3 N–H and O–H groups in total. The number of rotatable bonds is 81. The predicted octanol–water partition coefficient (Wildman–Crippen LogP) is 24.4. The van der Waals surface area contributed by atoms with Crippen molar-refractivity contribution in [2.24, 2.45) is 5.92 Å². The van der Waals surface area contributed by atoms with E-state index in [2.05, 4.69) is 34.6 Å². The number of unbranched alkanes of at least 4 members (excludes halogenated alkanes) is 53. The lowest BCUT2D eigenvalue weighted by Gasteiger charge is -2.21. The minimum absolute atomic E-state index is 0.107. The minimum atomic E-state index is -4.96. The molecule has 19 heteroatoms. The van der Waals surface area contributed by atoms with Crippen molar-refractivity contribution in [3.05, 3.63) is 0 Å². The largest absolute Gasteiger partial charge is 0.472 e. The molecule has 0 heterocycles. The van der Waals surface area contributed by atoms with Crippen LogP contribution in [0.2, 0.25) is 0 Å². The normalized spacial score (nSPS) is 13.8. The summed E-state index contributed by atoms with van der Waals surface area (Å²) in [5.74, 6) is -1.34. The number of aliphatic hydroxyl groups is 1. The zero-order valence-corrected chi connectivity index (χ0v) is 67.1. The van der Waals surface area contributed by atoms with Gasteiger partial charge in [0.15, 0.2) is 12.2 Å². The van der Waals surface area contributed by atoms with Crippen LogP contribution < -0.4 is 0 Å². The Morgan fingerprint density at radius 3 is 0.680 bits per heavy atom. The highest BCUT2D eigenvalue weighted by Crippen LogP contribution is 2.45. The van der Waals surface area contributed by atoms with E-state index in [4.69, 9.17) is 37.0 Å². The van der Waals surface area contributed by atoms with Crippen LogP contribution in [-0.4, -0.2) is 96.7 Å². The van der Waals surface area contributed by atoms with Crippen LogP contribution in [0.4, 0.5) is 0 Å². The molecule has 0 radical (unpaired) electrons. The quantitative estimate of drug-likeness (QED) is 0.0222. The highest BCUT2D eigenvalue weighted by atomic mass is 31.2. The number of phosphoric ester groups is 2. The average molecular weight is 1470 g/mol. The SMILES string of the molecule is CCCCCCCCCCCCCCCCCCCCC(=O)O[C@H](COC(=O)CCCCCCCCCCCCCCCCC)COP(=O)(O)OC[C@@H](O)COP(=O)(O)OC[C@@H](COC(=O)CCCCCCCCCCCCCCC)OC(=O)CCCCCCCCCCCCCC(C)C. The first kappa shape index (κ1) is 98.1. The van der Waals surface area contributed by atoms with Gasteiger partial charge in [-0.25, -0.2) is 9.13 Å². The second kappa shape index (κ2) is 73.9. The molecule has 0 aliphatic carbocycles. The van der Waals surface area contributed by atoms with Crippen molar-refractivity contribution in [1.29, 1.82) is 0 Å². The predicted molar refractivity (Wildman–Crippen MR) is 409 cm³/mol. The maximum atomic E-state index is 13.1. The molecule has 0 amide bonds. The fraction of sp³-hybridized carbons (Fsp3) is 0.951. The molecule has 0 saturated carbocycles. The lowest BCUT2D eigenvalue weighted by atomic mass is 10.0. The number of carbonyl (C=O) groups excluding carboxylic acids is 4. The Hall–Kier alpha value is -1.94. The third-order valence-electron chi connectivity index (χ3n) is 19.0.